The zero-order chi connectivity index (χ0) is 17.8. The number of likely N-dealkylation sites (tertiary alicyclic amines) is 1. The Hall–Kier alpha value is -1.91. The molecule has 1 aromatic carbocycles. The molecule has 4 nitrogen and oxygen atoms in total. The van der Waals surface area contributed by atoms with Crippen molar-refractivity contribution in [3.63, 3.8) is 0 Å². The molecule has 0 radical (unpaired) electrons. The van der Waals surface area contributed by atoms with E-state index in [0.29, 0.717) is 25.9 Å². The van der Waals surface area contributed by atoms with Gasteiger partial charge in [0.05, 0.1) is 0 Å². The summed E-state index contributed by atoms with van der Waals surface area (Å²) in [6.45, 7) is 6.69. The quantitative estimate of drug-likeness (QED) is 0.782. The first-order valence-electron chi connectivity index (χ1n) is 8.39. The van der Waals surface area contributed by atoms with Gasteiger partial charge < -0.3 is 14.4 Å². The third kappa shape index (κ3) is 5.05. The molecule has 0 saturated carbocycles. The summed E-state index contributed by atoms with van der Waals surface area (Å²) in [5.74, 6) is -0.261. The third-order valence-electron chi connectivity index (χ3n) is 4.48. The number of hydrogen-bond donors (Lipinski definition) is 0. The first-order valence-corrected chi connectivity index (χ1v) is 8.39. The molecular formula is C19H26FNO3. The highest BCUT2D eigenvalue weighted by Gasteiger charge is 2.36. The van der Waals surface area contributed by atoms with Gasteiger partial charge in [-0.3, -0.25) is 0 Å². The summed E-state index contributed by atoms with van der Waals surface area (Å²) in [4.78, 5) is 25.0. The van der Waals surface area contributed by atoms with Crippen LogP contribution in [0.2, 0.25) is 0 Å². The Bertz CT molecular complexity index is 569. The maximum atomic E-state index is 13.1. The molecule has 24 heavy (non-hydrogen) atoms. The van der Waals surface area contributed by atoms with Gasteiger partial charge in [-0.2, -0.15) is 0 Å². The van der Waals surface area contributed by atoms with E-state index in [0.717, 1.165) is 24.7 Å². The van der Waals surface area contributed by atoms with Gasteiger partial charge in [-0.05, 0) is 63.1 Å². The molecule has 1 saturated heterocycles. The van der Waals surface area contributed by atoms with Crippen LogP contribution in [0.3, 0.4) is 0 Å². The van der Waals surface area contributed by atoms with Crippen LogP contribution >= 0.6 is 0 Å². The lowest BCUT2D eigenvalue weighted by Crippen LogP contribution is -2.46. The summed E-state index contributed by atoms with van der Waals surface area (Å²) in [6.07, 6.45) is 3.29. The summed E-state index contributed by atoms with van der Waals surface area (Å²) in [7, 11) is 0. The van der Waals surface area contributed by atoms with Gasteiger partial charge in [0.2, 0.25) is 0 Å². The Labute approximate surface area is 143 Å². The number of carbonyl (C=O) groups excluding carboxylic acids is 2. The van der Waals surface area contributed by atoms with Crippen LogP contribution in [0.25, 0.3) is 0 Å². The van der Waals surface area contributed by atoms with E-state index in [9.17, 15) is 14.0 Å². The second-order valence-electron chi connectivity index (χ2n) is 7.64. The van der Waals surface area contributed by atoms with Crippen LogP contribution in [0.5, 0.6) is 0 Å². The fourth-order valence-corrected chi connectivity index (χ4v) is 3.16. The van der Waals surface area contributed by atoms with Crippen molar-refractivity contribution in [2.24, 2.45) is 5.41 Å². The number of benzene rings is 1. The summed E-state index contributed by atoms with van der Waals surface area (Å²) >= 11 is 0. The van der Waals surface area contributed by atoms with Crippen molar-refractivity contribution in [1.82, 2.24) is 4.90 Å². The van der Waals surface area contributed by atoms with E-state index in [1.165, 1.54) is 12.1 Å². The number of rotatable bonds is 4. The molecule has 0 spiro atoms. The summed E-state index contributed by atoms with van der Waals surface area (Å²) in [5.41, 5.74) is 0.338. The Kier molecular flexibility index (Phi) is 5.62. The highest BCUT2D eigenvalue weighted by molar-refractivity contribution is 5.68. The predicted octanol–water partition coefficient (Wildman–Crippen LogP) is 3.97. The Morgan fingerprint density at radius 1 is 1.25 bits per heavy atom. The number of carbonyl (C=O) groups is 2. The molecule has 132 valence electrons. The van der Waals surface area contributed by atoms with Gasteiger partial charge in [0.15, 0.2) is 0 Å². The van der Waals surface area contributed by atoms with Gasteiger partial charge in [0.1, 0.15) is 17.7 Å². The monoisotopic (exact) mass is 335 g/mol. The number of hydrogen-bond acceptors (Lipinski definition) is 3. The van der Waals surface area contributed by atoms with Gasteiger partial charge in [-0.1, -0.05) is 12.1 Å². The molecule has 5 heteroatoms. The van der Waals surface area contributed by atoms with E-state index in [1.54, 1.807) is 17.0 Å². The first-order chi connectivity index (χ1) is 11.2. The minimum absolute atomic E-state index is 0.169. The minimum atomic E-state index is -0.511. The largest absolute Gasteiger partial charge is 0.444 e. The molecule has 1 aliphatic heterocycles. The zero-order valence-electron chi connectivity index (χ0n) is 14.7. The van der Waals surface area contributed by atoms with E-state index in [-0.39, 0.29) is 17.3 Å². The molecule has 0 aliphatic carbocycles. The smallest absolute Gasteiger partial charge is 0.410 e. The van der Waals surface area contributed by atoms with Crippen molar-refractivity contribution >= 4 is 12.4 Å². The highest BCUT2D eigenvalue weighted by atomic mass is 19.1. The molecule has 0 aromatic heterocycles. The Morgan fingerprint density at radius 2 is 1.83 bits per heavy atom. The van der Waals surface area contributed by atoms with Gasteiger partial charge in [-0.25, -0.2) is 9.18 Å². The summed E-state index contributed by atoms with van der Waals surface area (Å²) in [6, 6.07) is 6.42. The molecule has 1 aliphatic rings. The number of piperidine rings is 1. The fraction of sp³-hybridized carbons (Fsp3) is 0.579. The summed E-state index contributed by atoms with van der Waals surface area (Å²) in [5, 5.41) is 0. The van der Waals surface area contributed by atoms with Crippen molar-refractivity contribution in [1.29, 1.82) is 0 Å². The van der Waals surface area contributed by atoms with Crippen molar-refractivity contribution in [3.8, 4) is 0 Å². The van der Waals surface area contributed by atoms with Gasteiger partial charge in [0.25, 0.3) is 0 Å². The van der Waals surface area contributed by atoms with Crippen molar-refractivity contribution in [3.05, 3.63) is 35.6 Å². The van der Waals surface area contributed by atoms with Crippen LogP contribution < -0.4 is 0 Å². The molecule has 2 rings (SSSR count). The molecule has 0 bridgehead atoms. The average molecular weight is 335 g/mol. The molecule has 1 aromatic rings. The molecular weight excluding hydrogens is 309 g/mol. The fourth-order valence-electron chi connectivity index (χ4n) is 3.16. The van der Waals surface area contributed by atoms with Crippen molar-refractivity contribution < 1.29 is 18.7 Å². The lowest BCUT2D eigenvalue weighted by Gasteiger charge is -2.41. The Morgan fingerprint density at radius 3 is 2.33 bits per heavy atom. The second-order valence-corrected chi connectivity index (χ2v) is 7.64. The Balaban J connectivity index is 2.01. The molecule has 0 unspecified atom stereocenters. The highest BCUT2D eigenvalue weighted by Crippen LogP contribution is 2.38. The molecule has 1 amide bonds. The van der Waals surface area contributed by atoms with Gasteiger partial charge in [-0.15, -0.1) is 0 Å². The molecule has 1 heterocycles. The maximum Gasteiger partial charge on any atom is 0.410 e. The lowest BCUT2D eigenvalue weighted by molar-refractivity contribution is -0.110. The van der Waals surface area contributed by atoms with Crippen LogP contribution in [0.1, 0.15) is 45.6 Å². The molecule has 0 N–H and O–H groups in total. The number of amides is 1. The van der Waals surface area contributed by atoms with Crippen molar-refractivity contribution in [2.45, 2.75) is 52.1 Å². The van der Waals surface area contributed by atoms with E-state index in [4.69, 9.17) is 4.74 Å². The molecule has 1 fully saturated rings. The van der Waals surface area contributed by atoms with Gasteiger partial charge in [0, 0.05) is 19.5 Å². The molecule has 0 atom stereocenters. The van der Waals surface area contributed by atoms with Crippen LogP contribution in [-0.4, -0.2) is 36.0 Å². The van der Waals surface area contributed by atoms with Crippen molar-refractivity contribution in [2.75, 3.05) is 13.1 Å². The first kappa shape index (κ1) is 18.4. The van der Waals surface area contributed by atoms with Crippen LogP contribution in [0.15, 0.2) is 24.3 Å². The number of ether oxygens (including phenoxy) is 1. The number of nitrogens with zero attached hydrogens (tertiary/aromatic N) is 1. The van der Waals surface area contributed by atoms with E-state index in [1.807, 2.05) is 20.8 Å². The second kappa shape index (κ2) is 7.32. The van der Waals surface area contributed by atoms with E-state index < -0.39 is 5.60 Å². The van der Waals surface area contributed by atoms with Gasteiger partial charge >= 0.3 is 6.09 Å². The SMILES string of the molecule is CC(C)(C)OC(=O)N1CCC(CC=O)(Cc2ccc(F)cc2)CC1. The number of aldehydes is 1. The normalized spacial score (nSPS) is 17.4. The third-order valence-corrected chi connectivity index (χ3v) is 4.48. The maximum absolute atomic E-state index is 13.1. The standard InChI is InChI=1S/C19H26FNO3/c1-18(2,3)24-17(23)21-11-8-19(9-12-21,10-13-22)14-15-4-6-16(20)7-5-15/h4-7,13H,8-12,14H2,1-3H3. The number of halogens is 1. The van der Waals surface area contributed by atoms with Crippen LogP contribution in [0, 0.1) is 11.2 Å². The van der Waals surface area contributed by atoms with E-state index in [2.05, 4.69) is 0 Å². The topological polar surface area (TPSA) is 46.6 Å². The summed E-state index contributed by atoms with van der Waals surface area (Å²) < 4.78 is 18.5. The minimum Gasteiger partial charge on any atom is -0.444 e. The predicted molar refractivity (Wildman–Crippen MR) is 90.3 cm³/mol. The zero-order valence-corrected chi connectivity index (χ0v) is 14.7. The van der Waals surface area contributed by atoms with Crippen LogP contribution in [0.4, 0.5) is 9.18 Å². The lowest BCUT2D eigenvalue weighted by atomic mass is 9.72. The van der Waals surface area contributed by atoms with E-state index >= 15 is 0 Å². The average Bonchev–Trinajstić information content (AvgIpc) is 2.49. The van der Waals surface area contributed by atoms with Crippen LogP contribution in [-0.2, 0) is 16.0 Å².